The molecule has 0 atom stereocenters. The molecule has 1 amide bonds. The van der Waals surface area contributed by atoms with E-state index in [-0.39, 0.29) is 17.4 Å². The number of likely N-dealkylation sites (N-methyl/N-ethyl adjacent to an activating group) is 1. The van der Waals surface area contributed by atoms with Crippen molar-refractivity contribution in [3.63, 3.8) is 0 Å². The number of carbonyl (C=O) groups is 1. The van der Waals surface area contributed by atoms with Crippen molar-refractivity contribution < 1.29 is 4.79 Å². The summed E-state index contributed by atoms with van der Waals surface area (Å²) in [5, 5.41) is 9.47. The van der Waals surface area contributed by atoms with E-state index in [2.05, 4.69) is 22.2 Å². The highest BCUT2D eigenvalue weighted by Crippen LogP contribution is 2.34. The van der Waals surface area contributed by atoms with Gasteiger partial charge in [0.1, 0.15) is 16.9 Å². The average molecular weight is 631 g/mol. The predicted molar refractivity (Wildman–Crippen MR) is 170 cm³/mol. The summed E-state index contributed by atoms with van der Waals surface area (Å²) in [7, 11) is 3.90. The van der Waals surface area contributed by atoms with E-state index in [0.717, 1.165) is 37.2 Å². The van der Waals surface area contributed by atoms with Gasteiger partial charge in [0.25, 0.3) is 5.56 Å². The van der Waals surface area contributed by atoms with Crippen LogP contribution in [0.5, 0.6) is 0 Å². The van der Waals surface area contributed by atoms with E-state index in [1.165, 1.54) is 4.68 Å². The molecule has 1 aliphatic heterocycles. The lowest BCUT2D eigenvalue weighted by Gasteiger charge is -2.30. The van der Waals surface area contributed by atoms with Gasteiger partial charge >= 0.3 is 0 Å². The lowest BCUT2D eigenvalue weighted by molar-refractivity contribution is -0.117. The van der Waals surface area contributed by atoms with Crippen molar-refractivity contribution >= 4 is 57.4 Å². The fraction of sp³-hybridized carbons (Fsp3) is 0.400. The second-order valence-corrected chi connectivity index (χ2v) is 12.4. The summed E-state index contributed by atoms with van der Waals surface area (Å²) in [6.45, 7) is 6.29. The maximum absolute atomic E-state index is 13.3. The minimum absolute atomic E-state index is 0.00636. The van der Waals surface area contributed by atoms with Crippen LogP contribution in [-0.2, 0) is 11.2 Å². The molecule has 1 saturated heterocycles. The second-order valence-electron chi connectivity index (χ2n) is 11.1. The minimum Gasteiger partial charge on any atom is -0.314 e. The average Bonchev–Trinajstić information content (AvgIpc) is 3.32. The fourth-order valence-electron chi connectivity index (χ4n) is 5.21. The summed E-state index contributed by atoms with van der Waals surface area (Å²) in [5.74, 6) is 0.427. The zero-order valence-corrected chi connectivity index (χ0v) is 26.3. The van der Waals surface area contributed by atoms with Crippen molar-refractivity contribution in [2.75, 3.05) is 38.6 Å². The van der Waals surface area contributed by atoms with Crippen molar-refractivity contribution in [3.05, 3.63) is 78.9 Å². The number of hydrogen-bond acceptors (Lipinski definition) is 6. The van der Waals surface area contributed by atoms with Gasteiger partial charge in [0.2, 0.25) is 5.91 Å². The summed E-state index contributed by atoms with van der Waals surface area (Å²) >= 11 is 19.2. The largest absolute Gasteiger partial charge is 0.314 e. The van der Waals surface area contributed by atoms with Crippen LogP contribution in [0.4, 0.5) is 5.69 Å². The summed E-state index contributed by atoms with van der Waals surface area (Å²) in [6.07, 6.45) is 2.46. The quantitative estimate of drug-likeness (QED) is 0.270. The predicted octanol–water partition coefficient (Wildman–Crippen LogP) is 5.43. The van der Waals surface area contributed by atoms with Gasteiger partial charge in [-0.1, -0.05) is 60.8 Å². The van der Waals surface area contributed by atoms with Gasteiger partial charge in [0, 0.05) is 30.2 Å². The first-order chi connectivity index (χ1) is 20.0. The van der Waals surface area contributed by atoms with Crippen LogP contribution in [0.25, 0.3) is 16.7 Å². The van der Waals surface area contributed by atoms with E-state index in [1.807, 2.05) is 38.1 Å². The van der Waals surface area contributed by atoms with Gasteiger partial charge in [-0.15, -0.1) is 0 Å². The molecule has 4 aromatic rings. The summed E-state index contributed by atoms with van der Waals surface area (Å²) in [4.78, 5) is 37.8. The van der Waals surface area contributed by atoms with Crippen LogP contribution < -0.4 is 15.8 Å². The number of benzene rings is 2. The van der Waals surface area contributed by atoms with E-state index >= 15 is 0 Å². The minimum atomic E-state index is -0.287. The monoisotopic (exact) mass is 629 g/mol. The van der Waals surface area contributed by atoms with Crippen LogP contribution >= 0.6 is 34.8 Å². The molecule has 9 nitrogen and oxygen atoms in total. The molecule has 2 aromatic heterocycles. The Kier molecular flexibility index (Phi) is 9.25. The number of aromatic amines is 1. The van der Waals surface area contributed by atoms with Gasteiger partial charge < -0.3 is 20.1 Å². The van der Waals surface area contributed by atoms with Crippen molar-refractivity contribution in [2.24, 2.45) is 0 Å². The number of halogens is 3. The van der Waals surface area contributed by atoms with Gasteiger partial charge in [-0.3, -0.25) is 9.59 Å². The number of carbonyl (C=O) groups excluding carboxylic acids is 1. The number of hydrogen-bond donors (Lipinski definition) is 2. The molecule has 1 fully saturated rings. The highest BCUT2D eigenvalue weighted by molar-refractivity contribution is 6.40. The molecule has 0 radical (unpaired) electrons. The molecule has 12 heteroatoms. The first-order valence-corrected chi connectivity index (χ1v) is 15.1. The Morgan fingerprint density at radius 1 is 1.12 bits per heavy atom. The molecule has 0 unspecified atom stereocenters. The standard InChI is InChI=1S/C30H34Cl3N7O2/c1-17(2)27-26-29(40(37-27)28-22(32)14-19(31)15-23(28)33)35-24(36-30(26)42)13-18-5-7-21(8-6-18)39(4)25(41)16-34-20-9-11-38(3)12-10-20/h5-8,14-15,17,20,34H,9-13,16H2,1-4H3,(H,35,36,42). The van der Waals surface area contributed by atoms with Gasteiger partial charge in [0.15, 0.2) is 5.65 Å². The first kappa shape index (κ1) is 30.5. The van der Waals surface area contributed by atoms with Crippen LogP contribution in [-0.4, -0.2) is 70.3 Å². The van der Waals surface area contributed by atoms with Gasteiger partial charge in [-0.2, -0.15) is 5.10 Å². The third-order valence-corrected chi connectivity index (χ3v) is 8.48. The number of H-pyrrole nitrogens is 1. The Balaban J connectivity index is 1.37. The molecule has 1 aliphatic rings. The molecule has 0 aliphatic carbocycles. The van der Waals surface area contributed by atoms with Crippen LogP contribution in [0.2, 0.25) is 15.1 Å². The van der Waals surface area contributed by atoms with Crippen LogP contribution in [0, 0.1) is 0 Å². The molecule has 0 saturated carbocycles. The van der Waals surface area contributed by atoms with Crippen molar-refractivity contribution in [1.82, 2.24) is 30.0 Å². The number of amides is 1. The van der Waals surface area contributed by atoms with Crippen molar-refractivity contribution in [1.29, 1.82) is 0 Å². The lowest BCUT2D eigenvalue weighted by atomic mass is 10.1. The highest BCUT2D eigenvalue weighted by atomic mass is 35.5. The number of nitrogens with zero attached hydrogens (tertiary/aromatic N) is 5. The third-order valence-electron chi connectivity index (χ3n) is 7.68. The number of piperidine rings is 1. The Morgan fingerprint density at radius 2 is 1.76 bits per heavy atom. The second kappa shape index (κ2) is 12.7. The molecule has 3 heterocycles. The van der Waals surface area contributed by atoms with Crippen LogP contribution in [0.3, 0.4) is 0 Å². The molecule has 2 N–H and O–H groups in total. The number of nitrogens with one attached hydrogen (secondary N) is 2. The van der Waals surface area contributed by atoms with Crippen molar-refractivity contribution in [2.45, 2.75) is 45.1 Å². The number of likely N-dealkylation sites (tertiary alicyclic amines) is 1. The molecular formula is C30H34Cl3N7O2. The van der Waals surface area contributed by atoms with E-state index in [0.29, 0.717) is 62.3 Å². The zero-order valence-electron chi connectivity index (χ0n) is 24.0. The molecule has 5 rings (SSSR count). The smallest absolute Gasteiger partial charge is 0.262 e. The zero-order chi connectivity index (χ0) is 30.1. The SMILES string of the molecule is CC(C)c1nn(-c2c(Cl)cc(Cl)cc2Cl)c2nc(Cc3ccc(N(C)C(=O)CNC4CCN(C)CC4)cc3)[nH]c(=O)c12. The maximum atomic E-state index is 13.3. The van der Waals surface area contributed by atoms with E-state index in [1.54, 1.807) is 24.1 Å². The van der Waals surface area contributed by atoms with Gasteiger partial charge in [-0.05, 0) is 68.7 Å². The van der Waals surface area contributed by atoms with E-state index in [9.17, 15) is 9.59 Å². The van der Waals surface area contributed by atoms with E-state index < -0.39 is 0 Å². The van der Waals surface area contributed by atoms with E-state index in [4.69, 9.17) is 44.9 Å². The molecule has 0 bridgehead atoms. The number of aromatic nitrogens is 4. The van der Waals surface area contributed by atoms with Crippen LogP contribution in [0.1, 0.15) is 49.7 Å². The van der Waals surface area contributed by atoms with Crippen molar-refractivity contribution in [3.8, 4) is 5.69 Å². The number of anilines is 1. The Bertz CT molecular complexity index is 1640. The lowest BCUT2D eigenvalue weighted by Crippen LogP contribution is -2.45. The Morgan fingerprint density at radius 3 is 2.38 bits per heavy atom. The summed E-state index contributed by atoms with van der Waals surface area (Å²) < 4.78 is 1.52. The molecule has 42 heavy (non-hydrogen) atoms. The van der Waals surface area contributed by atoms with Crippen LogP contribution in [0.15, 0.2) is 41.2 Å². The highest BCUT2D eigenvalue weighted by Gasteiger charge is 2.23. The normalized spacial score (nSPS) is 14.7. The summed E-state index contributed by atoms with van der Waals surface area (Å²) in [5.41, 5.74) is 2.79. The molecule has 0 spiro atoms. The first-order valence-electron chi connectivity index (χ1n) is 14.0. The number of rotatable bonds is 8. The number of fused-ring (bicyclic) bond motifs is 1. The molecular weight excluding hydrogens is 597 g/mol. The molecule has 222 valence electrons. The third kappa shape index (κ3) is 6.50. The van der Waals surface area contributed by atoms with Gasteiger partial charge in [0.05, 0.1) is 22.3 Å². The molecule has 2 aromatic carbocycles. The maximum Gasteiger partial charge on any atom is 0.262 e. The van der Waals surface area contributed by atoms with Gasteiger partial charge in [-0.25, -0.2) is 9.67 Å². The fourth-order valence-corrected chi connectivity index (χ4v) is 6.19. The Labute approximate surface area is 259 Å². The Hall–Kier alpha value is -2.95. The topological polar surface area (TPSA) is 99.2 Å². The summed E-state index contributed by atoms with van der Waals surface area (Å²) in [6, 6.07) is 11.2.